The summed E-state index contributed by atoms with van der Waals surface area (Å²) in [6.45, 7) is 0. The summed E-state index contributed by atoms with van der Waals surface area (Å²) in [6.07, 6.45) is 1.95. The monoisotopic (exact) mass is 311 g/mol. The lowest BCUT2D eigenvalue weighted by Gasteiger charge is -2.28. The van der Waals surface area contributed by atoms with E-state index >= 15 is 0 Å². The molecule has 1 aromatic heterocycles. The zero-order valence-corrected chi connectivity index (χ0v) is 11.7. The summed E-state index contributed by atoms with van der Waals surface area (Å²) < 4.78 is 0. The fourth-order valence-electron chi connectivity index (χ4n) is 2.39. The molecule has 0 radical (unpaired) electrons. The maximum atomic E-state index is 11.2. The summed E-state index contributed by atoms with van der Waals surface area (Å²) in [5.74, 6) is -0.893. The lowest BCUT2D eigenvalue weighted by atomic mass is 9.94. The lowest BCUT2D eigenvalue weighted by Crippen LogP contribution is -2.45. The molecule has 2 atom stereocenters. The average Bonchev–Trinajstić information content (AvgIpc) is 2.89. The molecule has 3 rings (SSSR count). The van der Waals surface area contributed by atoms with Crippen LogP contribution in [0.25, 0.3) is 0 Å². The van der Waals surface area contributed by atoms with Crippen molar-refractivity contribution in [2.24, 2.45) is 0 Å². The van der Waals surface area contributed by atoms with Crippen molar-refractivity contribution < 1.29 is 9.90 Å². The third kappa shape index (κ3) is 2.28. The number of benzene rings is 1. The van der Waals surface area contributed by atoms with Gasteiger partial charge in [0, 0.05) is 12.1 Å². The van der Waals surface area contributed by atoms with E-state index in [0.717, 1.165) is 17.0 Å². The van der Waals surface area contributed by atoms with Crippen LogP contribution in [0.15, 0.2) is 24.5 Å². The molecule has 2 aromatic rings. The molecule has 104 valence electrons. The molecule has 2 heterocycles. The Morgan fingerprint density at radius 1 is 1.35 bits per heavy atom. The highest BCUT2D eigenvalue weighted by atomic mass is 35.5. The predicted octanol–water partition coefficient (Wildman–Crippen LogP) is 2.40. The topological polar surface area (TPSA) is 78.0 Å². The van der Waals surface area contributed by atoms with Crippen molar-refractivity contribution in [2.75, 3.05) is 0 Å². The Kier molecular flexibility index (Phi) is 3.41. The van der Waals surface area contributed by atoms with Crippen LogP contribution in [0.5, 0.6) is 0 Å². The summed E-state index contributed by atoms with van der Waals surface area (Å²) >= 11 is 11.9. The van der Waals surface area contributed by atoms with E-state index in [1.807, 2.05) is 6.07 Å². The van der Waals surface area contributed by atoms with Crippen LogP contribution < -0.4 is 5.32 Å². The Morgan fingerprint density at radius 3 is 2.85 bits per heavy atom. The maximum Gasteiger partial charge on any atom is 0.321 e. The Balaban J connectivity index is 2.03. The molecule has 0 saturated heterocycles. The first kappa shape index (κ1) is 13.4. The summed E-state index contributed by atoms with van der Waals surface area (Å²) in [5.41, 5.74) is 2.45. The van der Waals surface area contributed by atoms with Gasteiger partial charge in [-0.15, -0.1) is 0 Å². The molecule has 0 bridgehead atoms. The standard InChI is InChI=1S/C13H11Cl2N3O2/c14-7-2-1-6(3-8(7)15)11-12-9(16-5-17-12)4-10(18-11)13(19)20/h1-3,5,10-11,18H,4H2,(H,16,17)(H,19,20)/t10-,11-/m0/s1. The van der Waals surface area contributed by atoms with Gasteiger partial charge in [-0.05, 0) is 17.7 Å². The van der Waals surface area contributed by atoms with Gasteiger partial charge in [0.25, 0.3) is 0 Å². The summed E-state index contributed by atoms with van der Waals surface area (Å²) in [6, 6.07) is 4.25. The molecule has 0 fully saturated rings. The Morgan fingerprint density at radius 2 is 2.15 bits per heavy atom. The second-order valence-electron chi connectivity index (χ2n) is 4.63. The fourth-order valence-corrected chi connectivity index (χ4v) is 2.70. The van der Waals surface area contributed by atoms with E-state index < -0.39 is 12.0 Å². The van der Waals surface area contributed by atoms with Crippen molar-refractivity contribution in [1.29, 1.82) is 0 Å². The number of nitrogens with zero attached hydrogens (tertiary/aromatic N) is 1. The molecule has 1 aliphatic rings. The number of halogens is 2. The molecule has 7 heteroatoms. The zero-order chi connectivity index (χ0) is 14.3. The minimum Gasteiger partial charge on any atom is -0.480 e. The van der Waals surface area contributed by atoms with Crippen LogP contribution >= 0.6 is 23.2 Å². The number of nitrogens with one attached hydrogen (secondary N) is 2. The van der Waals surface area contributed by atoms with Gasteiger partial charge in [0.1, 0.15) is 6.04 Å². The molecule has 0 saturated carbocycles. The lowest BCUT2D eigenvalue weighted by molar-refractivity contribution is -0.139. The molecule has 0 amide bonds. The minimum atomic E-state index is -0.893. The quantitative estimate of drug-likeness (QED) is 0.796. The molecule has 3 N–H and O–H groups in total. The number of fused-ring (bicyclic) bond motifs is 1. The molecule has 0 spiro atoms. The first-order chi connectivity index (χ1) is 9.56. The molecule has 0 unspecified atom stereocenters. The van der Waals surface area contributed by atoms with Crippen LogP contribution in [-0.4, -0.2) is 27.1 Å². The van der Waals surface area contributed by atoms with Gasteiger partial charge in [-0.3, -0.25) is 10.1 Å². The number of aliphatic carboxylic acids is 1. The Labute approximate surface area is 124 Å². The van der Waals surface area contributed by atoms with E-state index in [1.165, 1.54) is 0 Å². The molecular weight excluding hydrogens is 301 g/mol. The van der Waals surface area contributed by atoms with Crippen LogP contribution in [0.2, 0.25) is 10.0 Å². The Bertz CT molecular complexity index is 671. The van der Waals surface area contributed by atoms with Crippen LogP contribution in [0.1, 0.15) is 23.0 Å². The number of rotatable bonds is 2. The number of hydrogen-bond acceptors (Lipinski definition) is 3. The van der Waals surface area contributed by atoms with Gasteiger partial charge in [-0.2, -0.15) is 0 Å². The van der Waals surface area contributed by atoms with E-state index in [0.29, 0.717) is 16.5 Å². The van der Waals surface area contributed by atoms with Crippen molar-refractivity contribution in [3.8, 4) is 0 Å². The van der Waals surface area contributed by atoms with E-state index in [1.54, 1.807) is 18.5 Å². The average molecular weight is 312 g/mol. The first-order valence-corrected chi connectivity index (χ1v) is 6.78. The van der Waals surface area contributed by atoms with Gasteiger partial charge in [-0.1, -0.05) is 29.3 Å². The number of H-pyrrole nitrogens is 1. The number of carboxylic acid groups (broad SMARTS) is 1. The first-order valence-electron chi connectivity index (χ1n) is 6.02. The van der Waals surface area contributed by atoms with Gasteiger partial charge < -0.3 is 10.1 Å². The molecule has 20 heavy (non-hydrogen) atoms. The van der Waals surface area contributed by atoms with Crippen molar-refractivity contribution in [3.05, 3.63) is 51.5 Å². The largest absolute Gasteiger partial charge is 0.480 e. The number of aromatic nitrogens is 2. The summed E-state index contributed by atoms with van der Waals surface area (Å²) in [5, 5.41) is 13.2. The molecule has 5 nitrogen and oxygen atoms in total. The fraction of sp³-hybridized carbons (Fsp3) is 0.231. The minimum absolute atomic E-state index is 0.319. The van der Waals surface area contributed by atoms with Crippen molar-refractivity contribution >= 4 is 29.2 Å². The molecular formula is C13H11Cl2N3O2. The Hall–Kier alpha value is -1.56. The van der Waals surface area contributed by atoms with Gasteiger partial charge in [0.2, 0.25) is 0 Å². The van der Waals surface area contributed by atoms with Gasteiger partial charge in [-0.25, -0.2) is 4.98 Å². The zero-order valence-electron chi connectivity index (χ0n) is 10.2. The van der Waals surface area contributed by atoms with Crippen LogP contribution in [0, 0.1) is 0 Å². The smallest absolute Gasteiger partial charge is 0.321 e. The van der Waals surface area contributed by atoms with E-state index in [2.05, 4.69) is 15.3 Å². The summed E-state index contributed by atoms with van der Waals surface area (Å²) in [7, 11) is 0. The second-order valence-corrected chi connectivity index (χ2v) is 5.45. The second kappa shape index (κ2) is 5.09. The van der Waals surface area contributed by atoms with Crippen LogP contribution in [0.4, 0.5) is 0 Å². The van der Waals surface area contributed by atoms with Crippen molar-refractivity contribution in [3.63, 3.8) is 0 Å². The normalized spacial score (nSPS) is 21.5. The molecule has 1 aromatic carbocycles. The van der Waals surface area contributed by atoms with Crippen molar-refractivity contribution in [2.45, 2.75) is 18.5 Å². The number of aromatic amines is 1. The number of imidazole rings is 1. The SMILES string of the molecule is O=C(O)[C@@H]1Cc2[nH]cnc2[C@H](c2ccc(Cl)c(Cl)c2)N1. The van der Waals surface area contributed by atoms with Gasteiger partial charge in [0.15, 0.2) is 0 Å². The number of carbonyl (C=O) groups is 1. The number of carboxylic acids is 1. The number of hydrogen-bond donors (Lipinski definition) is 3. The highest BCUT2D eigenvalue weighted by molar-refractivity contribution is 6.42. The van der Waals surface area contributed by atoms with Crippen LogP contribution in [0.3, 0.4) is 0 Å². The highest BCUT2D eigenvalue weighted by Gasteiger charge is 2.33. The predicted molar refractivity (Wildman–Crippen MR) is 75.2 cm³/mol. The molecule has 0 aliphatic carbocycles. The van der Waals surface area contributed by atoms with E-state index in [-0.39, 0.29) is 6.04 Å². The van der Waals surface area contributed by atoms with E-state index in [9.17, 15) is 9.90 Å². The summed E-state index contributed by atoms with van der Waals surface area (Å²) in [4.78, 5) is 18.5. The van der Waals surface area contributed by atoms with Gasteiger partial charge in [0.05, 0.1) is 28.1 Å². The van der Waals surface area contributed by atoms with E-state index in [4.69, 9.17) is 23.2 Å². The highest BCUT2D eigenvalue weighted by Crippen LogP contribution is 2.32. The molecule has 1 aliphatic heterocycles. The maximum absolute atomic E-state index is 11.2. The van der Waals surface area contributed by atoms with Crippen molar-refractivity contribution in [1.82, 2.24) is 15.3 Å². The third-order valence-corrected chi connectivity index (χ3v) is 4.12. The van der Waals surface area contributed by atoms with Gasteiger partial charge >= 0.3 is 5.97 Å². The van der Waals surface area contributed by atoms with Crippen LogP contribution in [-0.2, 0) is 11.2 Å². The third-order valence-electron chi connectivity index (χ3n) is 3.38.